The van der Waals surface area contributed by atoms with Crippen molar-refractivity contribution in [2.24, 2.45) is 0 Å². The zero-order valence-corrected chi connectivity index (χ0v) is 19.6. The quantitative estimate of drug-likeness (QED) is 0.396. The SMILES string of the molecule is CCCCC(NC(=O)c1ccc(Nc2ccc3ccccc3c2)cc1)C(=O)CNS(C)(=O)=O. The highest BCUT2D eigenvalue weighted by Gasteiger charge is 2.21. The molecule has 0 saturated heterocycles. The Morgan fingerprint density at radius 3 is 2.24 bits per heavy atom. The summed E-state index contributed by atoms with van der Waals surface area (Å²) in [5.41, 5.74) is 2.19. The van der Waals surface area contributed by atoms with E-state index in [0.717, 1.165) is 41.2 Å². The second-order valence-corrected chi connectivity index (χ2v) is 9.83. The molecule has 0 fully saturated rings. The van der Waals surface area contributed by atoms with Gasteiger partial charge in [-0.3, -0.25) is 9.59 Å². The summed E-state index contributed by atoms with van der Waals surface area (Å²) in [6.45, 7) is 1.64. The molecule has 33 heavy (non-hydrogen) atoms. The Bertz CT molecular complexity index is 1220. The number of carbonyl (C=O) groups is 2. The first-order valence-corrected chi connectivity index (χ1v) is 12.8. The van der Waals surface area contributed by atoms with E-state index in [1.807, 2.05) is 31.2 Å². The van der Waals surface area contributed by atoms with Crippen molar-refractivity contribution in [3.63, 3.8) is 0 Å². The number of hydrogen-bond acceptors (Lipinski definition) is 5. The van der Waals surface area contributed by atoms with Crippen molar-refractivity contribution >= 4 is 43.9 Å². The predicted molar refractivity (Wildman–Crippen MR) is 132 cm³/mol. The molecule has 0 aliphatic rings. The first-order valence-electron chi connectivity index (χ1n) is 10.9. The number of amides is 1. The molecule has 0 radical (unpaired) electrons. The number of unbranched alkanes of at least 4 members (excludes halogenated alkanes) is 1. The van der Waals surface area contributed by atoms with Gasteiger partial charge in [-0.15, -0.1) is 0 Å². The molecule has 0 aliphatic heterocycles. The molecule has 1 unspecified atom stereocenters. The number of sulfonamides is 1. The number of nitrogens with one attached hydrogen (secondary N) is 3. The van der Waals surface area contributed by atoms with Crippen molar-refractivity contribution < 1.29 is 18.0 Å². The maximum Gasteiger partial charge on any atom is 0.251 e. The number of benzene rings is 3. The van der Waals surface area contributed by atoms with Crippen LogP contribution < -0.4 is 15.4 Å². The van der Waals surface area contributed by atoms with Crippen LogP contribution in [0.3, 0.4) is 0 Å². The second-order valence-electron chi connectivity index (χ2n) is 7.99. The van der Waals surface area contributed by atoms with E-state index in [0.29, 0.717) is 12.0 Å². The summed E-state index contributed by atoms with van der Waals surface area (Å²) in [4.78, 5) is 25.2. The van der Waals surface area contributed by atoms with Crippen LogP contribution in [0.4, 0.5) is 11.4 Å². The maximum absolute atomic E-state index is 12.7. The molecule has 0 aliphatic carbocycles. The highest BCUT2D eigenvalue weighted by molar-refractivity contribution is 7.88. The highest BCUT2D eigenvalue weighted by Crippen LogP contribution is 2.22. The Hall–Kier alpha value is -3.23. The molecule has 174 valence electrons. The smallest absolute Gasteiger partial charge is 0.251 e. The normalized spacial score (nSPS) is 12.3. The zero-order valence-electron chi connectivity index (χ0n) is 18.8. The lowest BCUT2D eigenvalue weighted by Gasteiger charge is -2.18. The van der Waals surface area contributed by atoms with E-state index in [2.05, 4.69) is 33.6 Å². The minimum atomic E-state index is -3.49. The summed E-state index contributed by atoms with van der Waals surface area (Å²) in [6.07, 6.45) is 3.04. The van der Waals surface area contributed by atoms with E-state index in [4.69, 9.17) is 0 Å². The number of anilines is 2. The van der Waals surface area contributed by atoms with Gasteiger partial charge in [-0.05, 0) is 53.6 Å². The predicted octanol–water partition coefficient (Wildman–Crippen LogP) is 3.99. The number of ketones is 1. The average molecular weight is 468 g/mol. The Labute approximate surface area is 194 Å². The van der Waals surface area contributed by atoms with Crippen LogP contribution in [0.2, 0.25) is 0 Å². The maximum atomic E-state index is 12.7. The Morgan fingerprint density at radius 1 is 0.909 bits per heavy atom. The van der Waals surface area contributed by atoms with E-state index in [9.17, 15) is 18.0 Å². The van der Waals surface area contributed by atoms with Crippen LogP contribution in [0.1, 0.15) is 36.5 Å². The van der Waals surface area contributed by atoms with Gasteiger partial charge in [-0.1, -0.05) is 50.1 Å². The molecule has 3 rings (SSSR count). The van der Waals surface area contributed by atoms with Crippen LogP contribution in [0, 0.1) is 0 Å². The summed E-state index contributed by atoms with van der Waals surface area (Å²) < 4.78 is 24.8. The van der Waals surface area contributed by atoms with Crippen LogP contribution in [0.25, 0.3) is 10.8 Å². The Kier molecular flexibility index (Phi) is 8.19. The molecule has 1 amide bonds. The van der Waals surface area contributed by atoms with E-state index in [1.54, 1.807) is 24.3 Å². The summed E-state index contributed by atoms with van der Waals surface area (Å²) in [7, 11) is -3.49. The van der Waals surface area contributed by atoms with Gasteiger partial charge in [-0.2, -0.15) is 0 Å². The zero-order chi connectivity index (χ0) is 23.8. The molecule has 1 atom stereocenters. The van der Waals surface area contributed by atoms with E-state index in [1.165, 1.54) is 0 Å². The van der Waals surface area contributed by atoms with Gasteiger partial charge in [0.15, 0.2) is 5.78 Å². The lowest BCUT2D eigenvalue weighted by atomic mass is 10.0. The third-order valence-corrected chi connectivity index (χ3v) is 5.90. The number of rotatable bonds is 11. The molecule has 8 heteroatoms. The lowest BCUT2D eigenvalue weighted by Crippen LogP contribution is -2.45. The minimum absolute atomic E-state index is 0.345. The highest BCUT2D eigenvalue weighted by atomic mass is 32.2. The third kappa shape index (κ3) is 7.40. The molecule has 0 heterocycles. The van der Waals surface area contributed by atoms with Crippen LogP contribution >= 0.6 is 0 Å². The monoisotopic (exact) mass is 467 g/mol. The number of hydrogen-bond donors (Lipinski definition) is 3. The molecular weight excluding hydrogens is 438 g/mol. The van der Waals surface area contributed by atoms with Crippen molar-refractivity contribution in [2.45, 2.75) is 32.2 Å². The number of fused-ring (bicyclic) bond motifs is 1. The molecule has 0 spiro atoms. The van der Waals surface area contributed by atoms with Crippen LogP contribution in [-0.4, -0.2) is 39.0 Å². The third-order valence-electron chi connectivity index (χ3n) is 5.23. The van der Waals surface area contributed by atoms with Crippen LogP contribution in [-0.2, 0) is 14.8 Å². The van der Waals surface area contributed by atoms with Crippen molar-refractivity contribution in [2.75, 3.05) is 18.1 Å². The van der Waals surface area contributed by atoms with Gasteiger partial charge in [0.2, 0.25) is 10.0 Å². The minimum Gasteiger partial charge on any atom is -0.356 e. The lowest BCUT2D eigenvalue weighted by molar-refractivity contribution is -0.120. The summed E-state index contributed by atoms with van der Waals surface area (Å²) in [6, 6.07) is 20.4. The van der Waals surface area contributed by atoms with Gasteiger partial charge >= 0.3 is 0 Å². The fourth-order valence-electron chi connectivity index (χ4n) is 3.43. The molecule has 0 aromatic heterocycles. The van der Waals surface area contributed by atoms with E-state index >= 15 is 0 Å². The Balaban J connectivity index is 1.64. The topological polar surface area (TPSA) is 104 Å². The summed E-state index contributed by atoms with van der Waals surface area (Å²) in [5, 5.41) is 8.37. The standard InChI is InChI=1S/C25H29N3O4S/c1-3-4-9-23(24(29)17-26-33(2,31)32)28-25(30)19-11-13-21(14-12-19)27-22-15-10-18-7-5-6-8-20(18)16-22/h5-8,10-16,23,26-27H,3-4,9,17H2,1-2H3,(H,28,30). The molecule has 3 N–H and O–H groups in total. The van der Waals surface area contributed by atoms with Gasteiger partial charge in [0, 0.05) is 16.9 Å². The molecule has 7 nitrogen and oxygen atoms in total. The fourth-order valence-corrected chi connectivity index (χ4v) is 3.83. The van der Waals surface area contributed by atoms with E-state index in [-0.39, 0.29) is 18.2 Å². The van der Waals surface area contributed by atoms with Gasteiger partial charge < -0.3 is 10.6 Å². The van der Waals surface area contributed by atoms with Gasteiger partial charge in [0.1, 0.15) is 0 Å². The first kappa shape index (κ1) is 24.4. The van der Waals surface area contributed by atoms with Gasteiger partial charge in [0.05, 0.1) is 18.8 Å². The largest absolute Gasteiger partial charge is 0.356 e. The second kappa shape index (κ2) is 11.1. The van der Waals surface area contributed by atoms with E-state index < -0.39 is 16.1 Å². The van der Waals surface area contributed by atoms with Crippen molar-refractivity contribution in [1.82, 2.24) is 10.0 Å². The molecule has 3 aromatic rings. The van der Waals surface area contributed by atoms with Crippen molar-refractivity contribution in [1.29, 1.82) is 0 Å². The molecule has 3 aromatic carbocycles. The summed E-state index contributed by atoms with van der Waals surface area (Å²) >= 11 is 0. The first-order chi connectivity index (χ1) is 15.7. The Morgan fingerprint density at radius 2 is 1.58 bits per heavy atom. The van der Waals surface area contributed by atoms with Crippen molar-refractivity contribution in [3.8, 4) is 0 Å². The number of carbonyl (C=O) groups excluding carboxylic acids is 2. The van der Waals surface area contributed by atoms with Gasteiger partial charge in [-0.25, -0.2) is 13.1 Å². The van der Waals surface area contributed by atoms with Crippen LogP contribution in [0.15, 0.2) is 66.7 Å². The molecule has 0 bridgehead atoms. The van der Waals surface area contributed by atoms with Gasteiger partial charge in [0.25, 0.3) is 5.91 Å². The average Bonchev–Trinajstić information content (AvgIpc) is 2.80. The fraction of sp³-hybridized carbons (Fsp3) is 0.280. The van der Waals surface area contributed by atoms with Crippen LogP contribution in [0.5, 0.6) is 0 Å². The molecule has 0 saturated carbocycles. The summed E-state index contributed by atoms with van der Waals surface area (Å²) in [5.74, 6) is -0.738. The van der Waals surface area contributed by atoms with Crippen molar-refractivity contribution in [3.05, 3.63) is 72.3 Å². The number of Topliss-reactive ketones (excluding diaryl/α,β-unsaturated/α-hetero) is 1. The molecular formula is C25H29N3O4S.